The van der Waals surface area contributed by atoms with Crippen LogP contribution in [-0.2, 0) is 19.1 Å². The molecular weight excluding hydrogens is 348 g/mol. The molecule has 0 aromatic carbocycles. The zero-order valence-electron chi connectivity index (χ0n) is 17.8. The van der Waals surface area contributed by atoms with Crippen molar-refractivity contribution in [1.29, 1.82) is 0 Å². The van der Waals surface area contributed by atoms with E-state index in [0.29, 0.717) is 12.8 Å². The van der Waals surface area contributed by atoms with Crippen molar-refractivity contribution in [3.63, 3.8) is 0 Å². The van der Waals surface area contributed by atoms with Gasteiger partial charge in [0.25, 0.3) is 0 Å². The Morgan fingerprint density at radius 2 is 1.70 bits per heavy atom. The van der Waals surface area contributed by atoms with Crippen LogP contribution in [0.2, 0.25) is 0 Å². The number of hydrogen-bond acceptors (Lipinski definition) is 5. The van der Waals surface area contributed by atoms with Gasteiger partial charge in [0, 0.05) is 24.9 Å². The van der Waals surface area contributed by atoms with Crippen molar-refractivity contribution < 1.29 is 23.9 Å². The number of rotatable bonds is 7. The lowest BCUT2D eigenvalue weighted by atomic mass is 9.81. The number of amides is 2. The number of esters is 1. The summed E-state index contributed by atoms with van der Waals surface area (Å²) in [6, 6.07) is -0.381. The van der Waals surface area contributed by atoms with Gasteiger partial charge in [0.2, 0.25) is 5.91 Å². The molecule has 0 aromatic rings. The molecule has 1 aliphatic carbocycles. The first-order valence-electron chi connectivity index (χ1n) is 9.86. The first kappa shape index (κ1) is 23.2. The number of ether oxygens (including phenoxy) is 2. The predicted octanol–water partition coefficient (Wildman–Crippen LogP) is 3.02. The molecule has 7 nitrogen and oxygen atoms in total. The number of alkyl carbamates (subject to hydrolysis) is 1. The standard InChI is InChI=1S/C20H36N2O5/c1-8-13(9-2)17(21-12(3)23)15-10-14(18(24)26-7)11-16(15)22-19(25)27-20(4,5)6/h13-17H,8-11H2,1-7H3,(H,21,23)(H,22,25)/t14-,15-,16-,17?/m1/s1. The molecule has 2 amide bonds. The lowest BCUT2D eigenvalue weighted by molar-refractivity contribution is -0.145. The molecule has 27 heavy (non-hydrogen) atoms. The van der Waals surface area contributed by atoms with Gasteiger partial charge in [-0.3, -0.25) is 9.59 Å². The second-order valence-electron chi connectivity index (χ2n) is 8.41. The minimum Gasteiger partial charge on any atom is -0.469 e. The Balaban J connectivity index is 3.07. The van der Waals surface area contributed by atoms with Gasteiger partial charge in [-0.25, -0.2) is 4.79 Å². The van der Waals surface area contributed by atoms with E-state index in [9.17, 15) is 14.4 Å². The molecule has 0 spiro atoms. The number of carbonyl (C=O) groups is 3. The fourth-order valence-corrected chi connectivity index (χ4v) is 4.06. The molecule has 1 fully saturated rings. The van der Waals surface area contributed by atoms with Gasteiger partial charge < -0.3 is 20.1 Å². The molecule has 1 unspecified atom stereocenters. The number of methoxy groups -OCH3 is 1. The van der Waals surface area contributed by atoms with E-state index >= 15 is 0 Å². The second kappa shape index (κ2) is 9.95. The molecule has 0 radical (unpaired) electrons. The van der Waals surface area contributed by atoms with Crippen LogP contribution in [0.3, 0.4) is 0 Å². The first-order chi connectivity index (χ1) is 12.5. The zero-order chi connectivity index (χ0) is 20.8. The second-order valence-corrected chi connectivity index (χ2v) is 8.41. The Bertz CT molecular complexity index is 525. The molecular formula is C20H36N2O5. The third kappa shape index (κ3) is 7.03. The Hall–Kier alpha value is -1.79. The van der Waals surface area contributed by atoms with Crippen LogP contribution in [0.25, 0.3) is 0 Å². The summed E-state index contributed by atoms with van der Waals surface area (Å²) in [5, 5.41) is 6.00. The van der Waals surface area contributed by atoms with Crippen LogP contribution in [0, 0.1) is 17.8 Å². The molecule has 1 aliphatic rings. The fourth-order valence-electron chi connectivity index (χ4n) is 4.06. The predicted molar refractivity (Wildman–Crippen MR) is 103 cm³/mol. The molecule has 156 valence electrons. The van der Waals surface area contributed by atoms with E-state index in [0.717, 1.165) is 12.8 Å². The lowest BCUT2D eigenvalue weighted by Crippen LogP contribution is -2.51. The zero-order valence-corrected chi connectivity index (χ0v) is 17.8. The van der Waals surface area contributed by atoms with Crippen LogP contribution in [-0.4, -0.2) is 42.8 Å². The van der Waals surface area contributed by atoms with Gasteiger partial charge in [-0.15, -0.1) is 0 Å². The Morgan fingerprint density at radius 1 is 1.11 bits per heavy atom. The third-order valence-electron chi connectivity index (χ3n) is 5.24. The highest BCUT2D eigenvalue weighted by molar-refractivity contribution is 5.74. The minimum atomic E-state index is -0.605. The van der Waals surface area contributed by atoms with Gasteiger partial charge in [-0.2, -0.15) is 0 Å². The number of nitrogens with one attached hydrogen (secondary N) is 2. The average molecular weight is 385 g/mol. The molecule has 0 aliphatic heterocycles. The quantitative estimate of drug-likeness (QED) is 0.658. The topological polar surface area (TPSA) is 93.7 Å². The van der Waals surface area contributed by atoms with E-state index < -0.39 is 11.7 Å². The average Bonchev–Trinajstić information content (AvgIpc) is 2.95. The lowest BCUT2D eigenvalue weighted by Gasteiger charge is -2.35. The van der Waals surface area contributed by atoms with Gasteiger partial charge in [0.05, 0.1) is 13.0 Å². The Kier molecular flexibility index (Phi) is 8.57. The van der Waals surface area contributed by atoms with Crippen molar-refractivity contribution in [2.45, 2.75) is 84.9 Å². The van der Waals surface area contributed by atoms with E-state index in [1.54, 1.807) is 20.8 Å². The highest BCUT2D eigenvalue weighted by atomic mass is 16.6. The fraction of sp³-hybridized carbons (Fsp3) is 0.850. The van der Waals surface area contributed by atoms with Crippen LogP contribution in [0.1, 0.15) is 67.2 Å². The molecule has 1 saturated carbocycles. The molecule has 7 heteroatoms. The summed E-state index contributed by atoms with van der Waals surface area (Å²) >= 11 is 0. The molecule has 0 saturated heterocycles. The van der Waals surface area contributed by atoms with Gasteiger partial charge >= 0.3 is 12.1 Å². The van der Waals surface area contributed by atoms with Crippen molar-refractivity contribution in [1.82, 2.24) is 10.6 Å². The molecule has 0 heterocycles. The SMILES string of the molecule is CCC(CC)C(NC(C)=O)[C@@H]1C[C@@H](C(=O)OC)C[C@H]1NC(=O)OC(C)(C)C. The summed E-state index contributed by atoms with van der Waals surface area (Å²) in [5.41, 5.74) is -0.605. The first-order valence-corrected chi connectivity index (χ1v) is 9.86. The van der Waals surface area contributed by atoms with Crippen molar-refractivity contribution in [3.05, 3.63) is 0 Å². The molecule has 4 atom stereocenters. The summed E-state index contributed by atoms with van der Waals surface area (Å²) in [7, 11) is 1.37. The number of carbonyl (C=O) groups excluding carboxylic acids is 3. The van der Waals surface area contributed by atoms with Crippen molar-refractivity contribution in [2.24, 2.45) is 17.8 Å². The highest BCUT2D eigenvalue weighted by Gasteiger charge is 2.45. The van der Waals surface area contributed by atoms with Gasteiger partial charge in [0.1, 0.15) is 5.60 Å². The smallest absolute Gasteiger partial charge is 0.407 e. The van der Waals surface area contributed by atoms with Crippen molar-refractivity contribution in [2.75, 3.05) is 7.11 Å². The maximum atomic E-state index is 12.3. The largest absolute Gasteiger partial charge is 0.469 e. The van der Waals surface area contributed by atoms with E-state index in [-0.39, 0.29) is 41.7 Å². The summed E-state index contributed by atoms with van der Waals surface area (Å²) in [6.45, 7) is 11.1. The third-order valence-corrected chi connectivity index (χ3v) is 5.24. The maximum absolute atomic E-state index is 12.3. The van der Waals surface area contributed by atoms with Gasteiger partial charge in [0.15, 0.2) is 0 Å². The summed E-state index contributed by atoms with van der Waals surface area (Å²) < 4.78 is 10.3. The Labute approximate surface area is 162 Å². The van der Waals surface area contributed by atoms with Crippen LogP contribution >= 0.6 is 0 Å². The van der Waals surface area contributed by atoms with E-state index in [1.165, 1.54) is 14.0 Å². The minimum absolute atomic E-state index is 0.0598. The Morgan fingerprint density at radius 3 is 2.15 bits per heavy atom. The van der Waals surface area contributed by atoms with Crippen LogP contribution < -0.4 is 10.6 Å². The molecule has 0 aromatic heterocycles. The summed E-state index contributed by atoms with van der Waals surface area (Å²) in [4.78, 5) is 36.3. The summed E-state index contributed by atoms with van der Waals surface area (Å²) in [5.74, 6) is -0.483. The monoisotopic (exact) mass is 384 g/mol. The molecule has 0 bridgehead atoms. The normalized spacial score (nSPS) is 23.6. The highest BCUT2D eigenvalue weighted by Crippen LogP contribution is 2.38. The van der Waals surface area contributed by atoms with E-state index in [2.05, 4.69) is 24.5 Å². The van der Waals surface area contributed by atoms with Crippen molar-refractivity contribution in [3.8, 4) is 0 Å². The van der Waals surface area contributed by atoms with Crippen molar-refractivity contribution >= 4 is 18.0 Å². The van der Waals surface area contributed by atoms with Crippen LogP contribution in [0.15, 0.2) is 0 Å². The molecule has 1 rings (SSSR count). The van der Waals surface area contributed by atoms with Crippen LogP contribution in [0.5, 0.6) is 0 Å². The number of hydrogen-bond donors (Lipinski definition) is 2. The summed E-state index contributed by atoms with van der Waals surface area (Å²) in [6.07, 6.45) is 2.34. The van der Waals surface area contributed by atoms with Crippen LogP contribution in [0.4, 0.5) is 4.79 Å². The molecule has 2 N–H and O–H groups in total. The van der Waals surface area contributed by atoms with E-state index in [4.69, 9.17) is 9.47 Å². The maximum Gasteiger partial charge on any atom is 0.407 e. The van der Waals surface area contributed by atoms with Gasteiger partial charge in [-0.05, 0) is 39.5 Å². The van der Waals surface area contributed by atoms with E-state index in [1.807, 2.05) is 0 Å². The van der Waals surface area contributed by atoms with Gasteiger partial charge in [-0.1, -0.05) is 26.7 Å².